The van der Waals surface area contributed by atoms with Gasteiger partial charge in [0.1, 0.15) is 11.6 Å². The molecule has 0 fully saturated rings. The first-order valence-corrected chi connectivity index (χ1v) is 4.98. The van der Waals surface area contributed by atoms with Crippen LogP contribution in [0.4, 0.5) is 10.2 Å². The van der Waals surface area contributed by atoms with E-state index in [9.17, 15) is 4.39 Å². The van der Waals surface area contributed by atoms with Gasteiger partial charge in [-0.15, -0.1) is 0 Å². The lowest BCUT2D eigenvalue weighted by Gasteiger charge is -2.06. The number of ether oxygens (including phenoxy) is 1. The zero-order valence-electron chi connectivity index (χ0n) is 8.52. The van der Waals surface area contributed by atoms with Crippen LogP contribution in [0, 0.1) is 5.82 Å². The topological polar surface area (TPSA) is 73.1 Å². The maximum Gasteiger partial charge on any atom is 0.239 e. The van der Waals surface area contributed by atoms with Crippen LogP contribution >= 0.6 is 11.6 Å². The lowest BCUT2D eigenvalue weighted by atomic mass is 10.3. The second-order valence-corrected chi connectivity index (χ2v) is 3.47. The molecule has 2 rings (SSSR count). The van der Waals surface area contributed by atoms with Crippen molar-refractivity contribution in [2.45, 2.75) is 0 Å². The van der Waals surface area contributed by atoms with E-state index in [2.05, 4.69) is 15.4 Å². The van der Waals surface area contributed by atoms with Crippen molar-refractivity contribution in [3.8, 4) is 11.6 Å². The van der Waals surface area contributed by atoms with Crippen molar-refractivity contribution in [1.29, 1.82) is 0 Å². The molecule has 0 saturated carbocycles. The van der Waals surface area contributed by atoms with E-state index in [0.29, 0.717) is 11.6 Å². The summed E-state index contributed by atoms with van der Waals surface area (Å²) in [5, 5.41) is -0.0245. The minimum atomic E-state index is -0.512. The van der Waals surface area contributed by atoms with E-state index in [0.717, 1.165) is 0 Å². The Bertz CT molecular complexity index is 537. The summed E-state index contributed by atoms with van der Waals surface area (Å²) >= 11 is 5.62. The van der Waals surface area contributed by atoms with Crippen LogP contribution in [0.15, 0.2) is 30.6 Å². The molecule has 0 bridgehead atoms. The largest absolute Gasteiger partial charge is 0.437 e. The van der Waals surface area contributed by atoms with Gasteiger partial charge in [0.25, 0.3) is 0 Å². The number of nitrogens with two attached hydrogens (primary N) is 1. The highest BCUT2D eigenvalue weighted by molar-refractivity contribution is 6.30. The Labute approximate surface area is 101 Å². The van der Waals surface area contributed by atoms with Crippen LogP contribution in [0.3, 0.4) is 0 Å². The van der Waals surface area contributed by atoms with Crippen molar-refractivity contribution in [2.75, 3.05) is 5.43 Å². The summed E-state index contributed by atoms with van der Waals surface area (Å²) < 4.78 is 18.3. The first-order valence-electron chi connectivity index (χ1n) is 4.60. The zero-order chi connectivity index (χ0) is 12.3. The minimum Gasteiger partial charge on any atom is -0.437 e. The van der Waals surface area contributed by atoms with Crippen LogP contribution < -0.4 is 16.0 Å². The molecule has 0 atom stereocenters. The molecule has 1 heterocycles. The molecule has 7 heteroatoms. The number of hydrogen-bond acceptors (Lipinski definition) is 5. The van der Waals surface area contributed by atoms with E-state index >= 15 is 0 Å². The third kappa shape index (κ3) is 2.80. The predicted molar refractivity (Wildman–Crippen MR) is 61.3 cm³/mol. The molecule has 0 unspecified atom stereocenters. The summed E-state index contributed by atoms with van der Waals surface area (Å²) in [6.45, 7) is 0. The second-order valence-electron chi connectivity index (χ2n) is 3.06. The normalized spacial score (nSPS) is 10.1. The SMILES string of the molecule is NNc1cncc(Oc2ccc(F)c(Cl)c2)n1. The number of nitrogens with one attached hydrogen (secondary N) is 1. The first-order chi connectivity index (χ1) is 8.19. The summed E-state index contributed by atoms with van der Waals surface area (Å²) in [6.07, 6.45) is 2.84. The molecule has 5 nitrogen and oxygen atoms in total. The van der Waals surface area contributed by atoms with Crippen molar-refractivity contribution in [3.63, 3.8) is 0 Å². The smallest absolute Gasteiger partial charge is 0.239 e. The van der Waals surface area contributed by atoms with E-state index in [1.807, 2.05) is 0 Å². The fraction of sp³-hybridized carbons (Fsp3) is 0. The number of aromatic nitrogens is 2. The number of hydrazine groups is 1. The van der Waals surface area contributed by atoms with E-state index < -0.39 is 5.82 Å². The Morgan fingerprint density at radius 1 is 1.35 bits per heavy atom. The van der Waals surface area contributed by atoms with Gasteiger partial charge < -0.3 is 10.2 Å². The molecular weight excluding hydrogens is 247 g/mol. The Morgan fingerprint density at radius 3 is 2.88 bits per heavy atom. The zero-order valence-corrected chi connectivity index (χ0v) is 9.28. The number of hydrogen-bond donors (Lipinski definition) is 2. The molecule has 0 saturated heterocycles. The summed E-state index contributed by atoms with van der Waals surface area (Å²) in [6, 6.07) is 3.99. The quantitative estimate of drug-likeness (QED) is 0.650. The first kappa shape index (κ1) is 11.6. The van der Waals surface area contributed by atoms with Crippen molar-refractivity contribution >= 4 is 17.4 Å². The maximum atomic E-state index is 12.9. The van der Waals surface area contributed by atoms with Crippen LogP contribution in [0.5, 0.6) is 11.6 Å². The van der Waals surface area contributed by atoms with Crippen molar-refractivity contribution in [2.24, 2.45) is 5.84 Å². The number of anilines is 1. The van der Waals surface area contributed by atoms with Gasteiger partial charge in [0.2, 0.25) is 5.88 Å². The van der Waals surface area contributed by atoms with E-state index in [1.54, 1.807) is 0 Å². The second kappa shape index (κ2) is 4.94. The van der Waals surface area contributed by atoms with Gasteiger partial charge >= 0.3 is 0 Å². The summed E-state index contributed by atoms with van der Waals surface area (Å²) in [4.78, 5) is 7.84. The molecular formula is C10H8ClFN4O. The average molecular weight is 255 g/mol. The molecule has 0 radical (unpaired) electrons. The van der Waals surface area contributed by atoms with Gasteiger partial charge in [0, 0.05) is 6.07 Å². The Balaban J connectivity index is 2.22. The number of nitrogens with zero attached hydrogens (tertiary/aromatic N) is 2. The average Bonchev–Trinajstić information content (AvgIpc) is 2.34. The number of halogens is 2. The molecule has 1 aromatic heterocycles. The Hall–Kier alpha value is -1.92. The van der Waals surface area contributed by atoms with Crippen LogP contribution in [0.2, 0.25) is 5.02 Å². The standard InChI is InChI=1S/C10H8ClFN4O/c11-7-3-6(1-2-8(7)12)17-10-5-14-4-9(15-10)16-13/h1-5H,13H2,(H,15,16). The fourth-order valence-electron chi connectivity index (χ4n) is 1.13. The fourth-order valence-corrected chi connectivity index (χ4v) is 1.30. The van der Waals surface area contributed by atoms with Crippen LogP contribution in [0.25, 0.3) is 0 Å². The number of benzene rings is 1. The van der Waals surface area contributed by atoms with Gasteiger partial charge in [-0.1, -0.05) is 11.6 Å². The molecule has 0 spiro atoms. The molecule has 0 aliphatic heterocycles. The monoisotopic (exact) mass is 254 g/mol. The van der Waals surface area contributed by atoms with E-state index in [-0.39, 0.29) is 10.9 Å². The summed E-state index contributed by atoms with van der Waals surface area (Å²) in [5.74, 6) is 5.61. The van der Waals surface area contributed by atoms with Crippen LogP contribution in [-0.2, 0) is 0 Å². The molecule has 17 heavy (non-hydrogen) atoms. The molecule has 1 aromatic carbocycles. The molecule has 0 aliphatic carbocycles. The van der Waals surface area contributed by atoms with Gasteiger partial charge in [-0.3, -0.25) is 4.98 Å². The van der Waals surface area contributed by atoms with Gasteiger partial charge in [0.15, 0.2) is 5.82 Å². The lowest BCUT2D eigenvalue weighted by Crippen LogP contribution is -2.08. The highest BCUT2D eigenvalue weighted by Crippen LogP contribution is 2.24. The highest BCUT2D eigenvalue weighted by Gasteiger charge is 2.04. The third-order valence-corrected chi connectivity index (χ3v) is 2.16. The molecule has 0 amide bonds. The van der Waals surface area contributed by atoms with Crippen molar-refractivity contribution < 1.29 is 9.13 Å². The van der Waals surface area contributed by atoms with E-state index in [4.69, 9.17) is 22.2 Å². The van der Waals surface area contributed by atoms with Crippen LogP contribution in [-0.4, -0.2) is 9.97 Å². The van der Waals surface area contributed by atoms with Gasteiger partial charge in [-0.05, 0) is 12.1 Å². The summed E-state index contributed by atoms with van der Waals surface area (Å²) in [7, 11) is 0. The Kier molecular flexibility index (Phi) is 3.36. The van der Waals surface area contributed by atoms with Gasteiger partial charge in [-0.2, -0.15) is 4.98 Å². The highest BCUT2D eigenvalue weighted by atomic mass is 35.5. The predicted octanol–water partition coefficient (Wildman–Crippen LogP) is 2.35. The number of nitrogen functional groups attached to an aromatic ring is 1. The van der Waals surface area contributed by atoms with Crippen LogP contribution in [0.1, 0.15) is 0 Å². The lowest BCUT2D eigenvalue weighted by molar-refractivity contribution is 0.459. The molecule has 3 N–H and O–H groups in total. The van der Waals surface area contributed by atoms with Crippen molar-refractivity contribution in [3.05, 3.63) is 41.4 Å². The molecule has 88 valence electrons. The van der Waals surface area contributed by atoms with Crippen molar-refractivity contribution in [1.82, 2.24) is 9.97 Å². The maximum absolute atomic E-state index is 12.9. The Morgan fingerprint density at radius 2 is 2.18 bits per heavy atom. The summed E-state index contributed by atoms with van der Waals surface area (Å²) in [5.41, 5.74) is 2.33. The number of rotatable bonds is 3. The molecule has 0 aliphatic rings. The van der Waals surface area contributed by atoms with E-state index in [1.165, 1.54) is 30.6 Å². The van der Waals surface area contributed by atoms with Gasteiger partial charge in [0.05, 0.1) is 17.4 Å². The minimum absolute atomic E-state index is 0.0245. The molecule has 2 aromatic rings. The van der Waals surface area contributed by atoms with Gasteiger partial charge in [-0.25, -0.2) is 10.2 Å². The third-order valence-electron chi connectivity index (χ3n) is 1.87.